The van der Waals surface area contributed by atoms with Gasteiger partial charge in [-0.05, 0) is 20.8 Å². The van der Waals surface area contributed by atoms with Crippen molar-refractivity contribution in [3.63, 3.8) is 0 Å². The highest BCUT2D eigenvalue weighted by Gasteiger charge is 2.21. The molecule has 5 heteroatoms. The minimum Gasteiger partial charge on any atom is -0.373 e. The van der Waals surface area contributed by atoms with Gasteiger partial charge in [0.2, 0.25) is 0 Å². The van der Waals surface area contributed by atoms with Gasteiger partial charge in [-0.1, -0.05) is 11.3 Å². The van der Waals surface area contributed by atoms with Gasteiger partial charge < -0.3 is 9.30 Å². The van der Waals surface area contributed by atoms with E-state index in [1.165, 1.54) is 11.3 Å². The molecule has 1 aromatic rings. The average molecular weight is 256 g/mol. The van der Waals surface area contributed by atoms with Gasteiger partial charge >= 0.3 is 4.87 Å². The number of nitrogens with zero attached hydrogens (tertiary/aromatic N) is 2. The molecule has 0 bridgehead atoms. The molecule has 0 radical (unpaired) electrons. The summed E-state index contributed by atoms with van der Waals surface area (Å²) >= 11 is 1.28. The Labute approximate surface area is 106 Å². The maximum absolute atomic E-state index is 11.6. The van der Waals surface area contributed by atoms with Crippen LogP contribution in [0.3, 0.4) is 0 Å². The lowest BCUT2D eigenvalue weighted by Gasteiger charge is -2.35. The Kier molecular flexibility index (Phi) is 4.01. The van der Waals surface area contributed by atoms with E-state index in [-0.39, 0.29) is 4.87 Å². The van der Waals surface area contributed by atoms with Gasteiger partial charge in [-0.3, -0.25) is 9.69 Å². The summed E-state index contributed by atoms with van der Waals surface area (Å²) in [5.74, 6) is 0. The fraction of sp³-hybridized carbons (Fsp3) is 0.750. The van der Waals surface area contributed by atoms with Crippen LogP contribution in [0, 0.1) is 6.92 Å². The highest BCUT2D eigenvalue weighted by Crippen LogP contribution is 2.10. The Balaban J connectivity index is 1.92. The summed E-state index contributed by atoms with van der Waals surface area (Å²) in [6.07, 6.45) is 0.582. The van der Waals surface area contributed by atoms with Crippen molar-refractivity contribution < 1.29 is 4.74 Å². The van der Waals surface area contributed by atoms with Crippen molar-refractivity contribution in [3.8, 4) is 0 Å². The van der Waals surface area contributed by atoms with Crippen LogP contribution in [0.15, 0.2) is 10.2 Å². The van der Waals surface area contributed by atoms with E-state index < -0.39 is 0 Å². The van der Waals surface area contributed by atoms with Crippen LogP contribution < -0.4 is 4.87 Å². The summed E-state index contributed by atoms with van der Waals surface area (Å²) in [6.45, 7) is 9.82. The molecule has 0 aromatic carbocycles. The van der Waals surface area contributed by atoms with Crippen LogP contribution in [0.25, 0.3) is 0 Å². The molecule has 0 spiro atoms. The molecule has 2 rings (SSSR count). The van der Waals surface area contributed by atoms with E-state index in [0.29, 0.717) is 12.2 Å². The van der Waals surface area contributed by atoms with Crippen LogP contribution in [0.1, 0.15) is 19.5 Å². The summed E-state index contributed by atoms with van der Waals surface area (Å²) in [5.41, 5.74) is 1.06. The summed E-state index contributed by atoms with van der Waals surface area (Å²) in [6, 6.07) is 0. The van der Waals surface area contributed by atoms with Crippen LogP contribution in [0.4, 0.5) is 0 Å². The fourth-order valence-corrected chi connectivity index (χ4v) is 3.14. The van der Waals surface area contributed by atoms with Gasteiger partial charge in [0.15, 0.2) is 0 Å². The zero-order valence-corrected chi connectivity index (χ0v) is 11.5. The predicted octanol–water partition coefficient (Wildman–Crippen LogP) is 1.33. The lowest BCUT2D eigenvalue weighted by molar-refractivity contribution is -0.0686. The molecule has 1 aliphatic rings. The van der Waals surface area contributed by atoms with Gasteiger partial charge in [-0.2, -0.15) is 0 Å². The molecule has 1 saturated heterocycles. The molecule has 2 atom stereocenters. The molecular formula is C12H20N2O2S. The minimum absolute atomic E-state index is 0.150. The van der Waals surface area contributed by atoms with Gasteiger partial charge in [0.1, 0.15) is 0 Å². The van der Waals surface area contributed by atoms with Crippen LogP contribution in [0.5, 0.6) is 0 Å². The lowest BCUT2D eigenvalue weighted by atomic mass is 10.2. The SMILES string of the molecule is Cc1csc(=O)n1CCN1C[C@H](C)O[C@@H](C)C1. The molecule has 0 aliphatic carbocycles. The van der Waals surface area contributed by atoms with Crippen molar-refractivity contribution in [2.45, 2.75) is 39.5 Å². The predicted molar refractivity (Wildman–Crippen MR) is 69.8 cm³/mol. The second-order valence-corrected chi connectivity index (χ2v) is 5.63. The maximum Gasteiger partial charge on any atom is 0.307 e. The highest BCUT2D eigenvalue weighted by molar-refractivity contribution is 7.07. The monoisotopic (exact) mass is 256 g/mol. The second-order valence-electron chi connectivity index (χ2n) is 4.81. The number of morpholine rings is 1. The maximum atomic E-state index is 11.6. The first kappa shape index (κ1) is 12.8. The van der Waals surface area contributed by atoms with Crippen LogP contribution in [-0.4, -0.2) is 41.3 Å². The van der Waals surface area contributed by atoms with Gasteiger partial charge in [0.05, 0.1) is 12.2 Å². The largest absolute Gasteiger partial charge is 0.373 e. The van der Waals surface area contributed by atoms with E-state index in [2.05, 4.69) is 18.7 Å². The second kappa shape index (κ2) is 5.33. The zero-order valence-electron chi connectivity index (χ0n) is 10.7. The number of thiazole rings is 1. The number of ether oxygens (including phenoxy) is 1. The summed E-state index contributed by atoms with van der Waals surface area (Å²) in [4.78, 5) is 14.1. The summed E-state index contributed by atoms with van der Waals surface area (Å²) in [7, 11) is 0. The van der Waals surface area contributed by atoms with Crippen molar-refractivity contribution in [2.24, 2.45) is 0 Å². The Morgan fingerprint density at radius 3 is 2.53 bits per heavy atom. The van der Waals surface area contributed by atoms with Crippen molar-refractivity contribution in [1.29, 1.82) is 0 Å². The molecule has 17 heavy (non-hydrogen) atoms. The molecule has 0 N–H and O–H groups in total. The topological polar surface area (TPSA) is 34.5 Å². The third-order valence-electron chi connectivity index (χ3n) is 3.11. The molecule has 1 fully saturated rings. The Morgan fingerprint density at radius 1 is 1.35 bits per heavy atom. The third kappa shape index (κ3) is 3.18. The Hall–Kier alpha value is -0.650. The number of hydrogen-bond acceptors (Lipinski definition) is 4. The van der Waals surface area contributed by atoms with E-state index >= 15 is 0 Å². The van der Waals surface area contributed by atoms with Crippen LogP contribution in [0.2, 0.25) is 0 Å². The normalized spacial score (nSPS) is 26.3. The molecule has 0 saturated carbocycles. The average Bonchev–Trinajstić information content (AvgIpc) is 2.55. The van der Waals surface area contributed by atoms with Crippen LogP contribution in [-0.2, 0) is 11.3 Å². The fourth-order valence-electron chi connectivity index (χ4n) is 2.38. The first-order chi connectivity index (χ1) is 8.06. The number of rotatable bonds is 3. The third-order valence-corrected chi connectivity index (χ3v) is 3.99. The van der Waals surface area contributed by atoms with E-state index in [0.717, 1.165) is 31.9 Å². The first-order valence-electron chi connectivity index (χ1n) is 6.09. The minimum atomic E-state index is 0.150. The summed E-state index contributed by atoms with van der Waals surface area (Å²) in [5, 5.41) is 1.92. The van der Waals surface area contributed by atoms with E-state index in [4.69, 9.17) is 4.74 Å². The number of aromatic nitrogens is 1. The standard InChI is InChI=1S/C12H20N2O2S/c1-9-8-17-12(15)14(9)5-4-13-6-10(2)16-11(3)7-13/h8,10-11H,4-7H2,1-3H3/t10-,11-/m0/s1. The van der Waals surface area contributed by atoms with Gasteiger partial charge in [-0.15, -0.1) is 0 Å². The highest BCUT2D eigenvalue weighted by atomic mass is 32.1. The molecule has 1 aliphatic heterocycles. The van der Waals surface area contributed by atoms with Crippen LogP contribution >= 0.6 is 11.3 Å². The van der Waals surface area contributed by atoms with E-state index in [9.17, 15) is 4.79 Å². The molecule has 0 amide bonds. The van der Waals surface area contributed by atoms with Crippen molar-refractivity contribution in [2.75, 3.05) is 19.6 Å². The van der Waals surface area contributed by atoms with E-state index in [1.807, 2.05) is 16.9 Å². The quantitative estimate of drug-likeness (QED) is 0.818. The first-order valence-corrected chi connectivity index (χ1v) is 6.97. The molecule has 2 heterocycles. The van der Waals surface area contributed by atoms with Crippen molar-refractivity contribution in [1.82, 2.24) is 9.47 Å². The lowest BCUT2D eigenvalue weighted by Crippen LogP contribution is -2.46. The summed E-state index contributed by atoms with van der Waals surface area (Å²) < 4.78 is 7.55. The Bertz CT molecular complexity index is 416. The molecule has 4 nitrogen and oxygen atoms in total. The molecule has 96 valence electrons. The number of hydrogen-bond donors (Lipinski definition) is 0. The van der Waals surface area contributed by atoms with E-state index in [1.54, 1.807) is 0 Å². The van der Waals surface area contributed by atoms with Gasteiger partial charge in [0, 0.05) is 37.3 Å². The smallest absolute Gasteiger partial charge is 0.307 e. The van der Waals surface area contributed by atoms with Crippen molar-refractivity contribution in [3.05, 3.63) is 20.7 Å². The molecular weight excluding hydrogens is 236 g/mol. The molecule has 1 aromatic heterocycles. The molecule has 0 unspecified atom stereocenters. The Morgan fingerprint density at radius 2 is 2.00 bits per heavy atom. The van der Waals surface area contributed by atoms with Gasteiger partial charge in [-0.25, -0.2) is 0 Å². The van der Waals surface area contributed by atoms with Gasteiger partial charge in [0.25, 0.3) is 0 Å². The zero-order chi connectivity index (χ0) is 12.4. The number of aryl methyl sites for hydroxylation is 1. The van der Waals surface area contributed by atoms with Crippen molar-refractivity contribution >= 4 is 11.3 Å².